The maximum Gasteiger partial charge on any atom is 0.264 e. The first kappa shape index (κ1) is 23.5. The zero-order valence-electron chi connectivity index (χ0n) is 17.7. The van der Waals surface area contributed by atoms with Crippen LogP contribution in [0.15, 0.2) is 0 Å². The van der Waals surface area contributed by atoms with Crippen molar-refractivity contribution in [2.45, 2.75) is 90.4 Å². The van der Waals surface area contributed by atoms with Crippen molar-refractivity contribution in [3.8, 4) is 0 Å². The van der Waals surface area contributed by atoms with Crippen molar-refractivity contribution < 1.29 is 25.9 Å². The first-order valence-electron chi connectivity index (χ1n) is 11.3. The Balaban J connectivity index is 1.78. The van der Waals surface area contributed by atoms with E-state index >= 15 is 0 Å². The molecule has 0 aromatic rings. The predicted octanol–water partition coefficient (Wildman–Crippen LogP) is 4.72. The van der Waals surface area contributed by atoms with Crippen LogP contribution in [0.1, 0.15) is 90.4 Å². The summed E-state index contributed by atoms with van der Waals surface area (Å²) in [5.74, 6) is 1.31. The third kappa shape index (κ3) is 6.17. The second-order valence-corrected chi connectivity index (χ2v) is 13.7. The summed E-state index contributed by atoms with van der Waals surface area (Å²) in [6.07, 6.45) is 13.3. The largest absolute Gasteiger partial charge is 0.286 e. The molecule has 0 amide bonds. The number of hydrogen-bond acceptors (Lipinski definition) is 4. The van der Waals surface area contributed by atoms with Gasteiger partial charge >= 0.3 is 0 Å². The molecule has 0 heterocycles. The lowest BCUT2D eigenvalue weighted by Crippen LogP contribution is -2.50. The van der Waals surface area contributed by atoms with Crippen LogP contribution in [0.2, 0.25) is 0 Å². The zero-order valence-corrected chi connectivity index (χ0v) is 19.3. The van der Waals surface area contributed by atoms with Gasteiger partial charge in [0, 0.05) is 0 Å². The molecular formula is C21H38O6S2. The molecule has 0 spiro atoms. The van der Waals surface area contributed by atoms with E-state index in [1.807, 2.05) is 0 Å². The monoisotopic (exact) mass is 450 g/mol. The molecule has 5 atom stereocenters. The Morgan fingerprint density at radius 1 is 0.897 bits per heavy atom. The minimum Gasteiger partial charge on any atom is -0.286 e. The van der Waals surface area contributed by atoms with E-state index in [1.54, 1.807) is 0 Å². The van der Waals surface area contributed by atoms with Crippen molar-refractivity contribution in [2.24, 2.45) is 28.6 Å². The average Bonchev–Trinajstić information content (AvgIpc) is 2.58. The van der Waals surface area contributed by atoms with Crippen LogP contribution in [-0.4, -0.2) is 37.4 Å². The molecule has 3 aliphatic carbocycles. The van der Waals surface area contributed by atoms with Gasteiger partial charge in [0.1, 0.15) is 0 Å². The summed E-state index contributed by atoms with van der Waals surface area (Å²) in [4.78, 5) is 0. The average molecular weight is 451 g/mol. The molecule has 3 saturated carbocycles. The van der Waals surface area contributed by atoms with Crippen LogP contribution in [0.4, 0.5) is 0 Å². The molecule has 3 fully saturated rings. The van der Waals surface area contributed by atoms with Gasteiger partial charge in [0.25, 0.3) is 20.2 Å². The lowest BCUT2D eigenvalue weighted by atomic mass is 9.45. The van der Waals surface area contributed by atoms with Crippen LogP contribution in [-0.2, 0) is 20.2 Å². The highest BCUT2D eigenvalue weighted by atomic mass is 32.2. The minimum absolute atomic E-state index is 0.0160. The van der Waals surface area contributed by atoms with Crippen molar-refractivity contribution in [2.75, 3.05) is 11.5 Å². The van der Waals surface area contributed by atoms with Crippen LogP contribution >= 0.6 is 0 Å². The maximum atomic E-state index is 11.4. The molecule has 6 nitrogen and oxygen atoms in total. The van der Waals surface area contributed by atoms with E-state index < -0.39 is 20.2 Å². The molecule has 3 rings (SSSR count). The summed E-state index contributed by atoms with van der Waals surface area (Å²) in [6.45, 7) is 2.29. The summed E-state index contributed by atoms with van der Waals surface area (Å²) in [7, 11) is -7.85. The van der Waals surface area contributed by atoms with E-state index in [0.29, 0.717) is 30.6 Å². The Labute approximate surface area is 176 Å². The number of rotatable bonds is 8. The fourth-order valence-corrected chi connectivity index (χ4v) is 8.83. The summed E-state index contributed by atoms with van der Waals surface area (Å²) in [6, 6.07) is 0. The molecule has 5 unspecified atom stereocenters. The molecule has 2 N–H and O–H groups in total. The van der Waals surface area contributed by atoms with E-state index in [4.69, 9.17) is 4.55 Å². The second kappa shape index (κ2) is 8.75. The van der Waals surface area contributed by atoms with Gasteiger partial charge in [0.2, 0.25) is 0 Å². The van der Waals surface area contributed by atoms with Gasteiger partial charge < -0.3 is 0 Å². The third-order valence-corrected chi connectivity index (χ3v) is 9.73. The lowest BCUT2D eigenvalue weighted by molar-refractivity contribution is -0.0907. The highest BCUT2D eigenvalue weighted by Crippen LogP contribution is 2.64. The van der Waals surface area contributed by atoms with E-state index in [2.05, 4.69) is 6.92 Å². The molecule has 0 radical (unpaired) electrons. The first-order valence-corrected chi connectivity index (χ1v) is 14.5. The fourth-order valence-electron chi connectivity index (χ4n) is 7.61. The van der Waals surface area contributed by atoms with Gasteiger partial charge in [-0.05, 0) is 86.4 Å². The Kier molecular flexibility index (Phi) is 7.09. The third-order valence-electron chi connectivity index (χ3n) is 8.21. The summed E-state index contributed by atoms with van der Waals surface area (Å²) in [5.41, 5.74) is 0.237. The molecule has 0 aromatic carbocycles. The van der Waals surface area contributed by atoms with E-state index in [9.17, 15) is 21.4 Å². The van der Waals surface area contributed by atoms with Crippen LogP contribution in [0.5, 0.6) is 0 Å². The van der Waals surface area contributed by atoms with Gasteiger partial charge in [-0.15, -0.1) is 0 Å². The molecule has 8 heteroatoms. The van der Waals surface area contributed by atoms with E-state index in [-0.39, 0.29) is 22.3 Å². The molecule has 29 heavy (non-hydrogen) atoms. The van der Waals surface area contributed by atoms with Crippen LogP contribution < -0.4 is 0 Å². The van der Waals surface area contributed by atoms with Crippen molar-refractivity contribution in [1.29, 1.82) is 0 Å². The highest BCUT2D eigenvalue weighted by Gasteiger charge is 2.54. The van der Waals surface area contributed by atoms with Gasteiger partial charge in [-0.1, -0.05) is 32.6 Å². The standard InChI is InChI=1S/C21H38O6S2/c1-17-14-20(11-13-29(25,26)27)9-5-10-21(15-17,16-20)19-8-3-2-6-18(19)7-4-12-28(22,23)24/h17-19H,2-16H2,1H3,(H,22,23,24)(H,25,26,27). The molecular weight excluding hydrogens is 412 g/mol. The normalized spacial score (nSPS) is 38.7. The highest BCUT2D eigenvalue weighted by molar-refractivity contribution is 7.86. The molecule has 0 saturated heterocycles. The number of hydrogen-bond donors (Lipinski definition) is 2. The molecule has 2 bridgehead atoms. The predicted molar refractivity (Wildman–Crippen MR) is 114 cm³/mol. The zero-order chi connectivity index (χ0) is 21.3. The lowest BCUT2D eigenvalue weighted by Gasteiger charge is -2.60. The van der Waals surface area contributed by atoms with Crippen molar-refractivity contribution >= 4 is 20.2 Å². The Morgan fingerprint density at radius 2 is 1.59 bits per heavy atom. The van der Waals surface area contributed by atoms with Gasteiger partial charge in [0.15, 0.2) is 0 Å². The molecule has 0 aliphatic heterocycles. The first-order chi connectivity index (χ1) is 13.4. The molecule has 3 aliphatic rings. The van der Waals surface area contributed by atoms with Gasteiger partial charge in [-0.3, -0.25) is 9.11 Å². The van der Waals surface area contributed by atoms with Gasteiger partial charge in [0.05, 0.1) is 11.5 Å². The summed E-state index contributed by atoms with van der Waals surface area (Å²) >= 11 is 0. The fraction of sp³-hybridized carbons (Fsp3) is 1.00. The van der Waals surface area contributed by atoms with Gasteiger partial charge in [-0.25, -0.2) is 0 Å². The van der Waals surface area contributed by atoms with Crippen LogP contribution in [0.3, 0.4) is 0 Å². The minimum atomic E-state index is -3.94. The quantitative estimate of drug-likeness (QED) is 0.518. The Morgan fingerprint density at radius 3 is 2.28 bits per heavy atom. The van der Waals surface area contributed by atoms with Crippen LogP contribution in [0.25, 0.3) is 0 Å². The molecule has 170 valence electrons. The van der Waals surface area contributed by atoms with Crippen molar-refractivity contribution in [3.05, 3.63) is 0 Å². The summed E-state index contributed by atoms with van der Waals surface area (Å²) < 4.78 is 63.6. The van der Waals surface area contributed by atoms with E-state index in [1.165, 1.54) is 32.1 Å². The van der Waals surface area contributed by atoms with E-state index in [0.717, 1.165) is 38.5 Å². The van der Waals surface area contributed by atoms with Crippen molar-refractivity contribution in [1.82, 2.24) is 0 Å². The smallest absolute Gasteiger partial charge is 0.264 e. The number of fused-ring (bicyclic) bond motifs is 2. The SMILES string of the molecule is CC1CC2(CCS(=O)(=O)O)CCCC(C3CCCCC3CCCS(=O)(=O)O)(C1)C2. The van der Waals surface area contributed by atoms with Crippen LogP contribution in [0, 0.1) is 28.6 Å². The second-order valence-electron chi connectivity index (χ2n) is 10.5. The summed E-state index contributed by atoms with van der Waals surface area (Å²) in [5, 5.41) is 0. The Bertz CT molecular complexity index is 777. The molecule has 0 aromatic heterocycles. The topological polar surface area (TPSA) is 109 Å². The maximum absolute atomic E-state index is 11.4. The Hall–Kier alpha value is -0.180. The van der Waals surface area contributed by atoms with Crippen molar-refractivity contribution in [3.63, 3.8) is 0 Å². The van der Waals surface area contributed by atoms with Gasteiger partial charge in [-0.2, -0.15) is 16.8 Å².